The number of carbonyl (C=O) groups excluding carboxylic acids is 2. The maximum absolute atomic E-state index is 12.1. The third-order valence-corrected chi connectivity index (χ3v) is 3.74. The van der Waals surface area contributed by atoms with Crippen LogP contribution in [0.1, 0.15) is 21.7 Å². The van der Waals surface area contributed by atoms with Crippen LogP contribution in [-0.2, 0) is 11.3 Å². The molecular formula is C15H16Cl2N4O3. The van der Waals surface area contributed by atoms with Gasteiger partial charge in [-0.25, -0.2) is 0 Å². The molecule has 1 heterocycles. The van der Waals surface area contributed by atoms with E-state index in [2.05, 4.69) is 16.0 Å². The smallest absolute Gasteiger partial charge is 0.269 e. The third kappa shape index (κ3) is 4.18. The molecule has 0 aliphatic heterocycles. The topological polar surface area (TPSA) is 85.3 Å². The zero-order valence-electron chi connectivity index (χ0n) is 13.3. The average molecular weight is 371 g/mol. The van der Waals surface area contributed by atoms with Crippen molar-refractivity contribution in [1.82, 2.24) is 20.6 Å². The lowest BCUT2D eigenvalue weighted by atomic mass is 10.2. The van der Waals surface area contributed by atoms with Gasteiger partial charge < -0.3 is 4.74 Å². The van der Waals surface area contributed by atoms with Gasteiger partial charge in [0.15, 0.2) is 5.75 Å². The van der Waals surface area contributed by atoms with E-state index in [0.29, 0.717) is 0 Å². The molecule has 2 rings (SSSR count). The summed E-state index contributed by atoms with van der Waals surface area (Å²) in [6.45, 7) is 3.66. The van der Waals surface area contributed by atoms with Gasteiger partial charge in [0.25, 0.3) is 11.8 Å². The molecule has 0 radical (unpaired) electrons. The molecule has 0 spiro atoms. The van der Waals surface area contributed by atoms with Gasteiger partial charge in [0.1, 0.15) is 6.54 Å². The molecule has 128 valence electrons. The van der Waals surface area contributed by atoms with Crippen LogP contribution in [-0.4, -0.2) is 28.7 Å². The van der Waals surface area contributed by atoms with Crippen molar-refractivity contribution in [3.63, 3.8) is 0 Å². The highest BCUT2D eigenvalue weighted by Crippen LogP contribution is 2.33. The fraction of sp³-hybridized carbons (Fsp3) is 0.267. The molecule has 24 heavy (non-hydrogen) atoms. The normalized spacial score (nSPS) is 10.4. The molecular weight excluding hydrogens is 355 g/mol. The minimum atomic E-state index is -0.553. The standard InChI is InChI=1S/C15H16Cl2N4O3/c1-8-4-9(2)21(20-8)7-13(22)18-19-15(23)10-5-11(16)14(24-3)12(17)6-10/h4-6H,7H2,1-3H3,(H,18,22)(H,19,23). The summed E-state index contributed by atoms with van der Waals surface area (Å²) >= 11 is 12.0. The fourth-order valence-electron chi connectivity index (χ4n) is 2.10. The van der Waals surface area contributed by atoms with Crippen LogP contribution in [0.2, 0.25) is 10.0 Å². The number of carbonyl (C=O) groups is 2. The minimum absolute atomic E-state index is 0.00984. The van der Waals surface area contributed by atoms with Crippen LogP contribution >= 0.6 is 23.2 Å². The predicted octanol–water partition coefficient (Wildman–Crippen LogP) is 2.28. The molecule has 7 nitrogen and oxygen atoms in total. The number of aryl methyl sites for hydroxylation is 2. The van der Waals surface area contributed by atoms with Gasteiger partial charge in [0.05, 0.1) is 22.8 Å². The number of nitrogens with zero attached hydrogens (tertiary/aromatic N) is 2. The number of hydrogen-bond donors (Lipinski definition) is 2. The predicted molar refractivity (Wildman–Crippen MR) is 90.3 cm³/mol. The lowest BCUT2D eigenvalue weighted by Crippen LogP contribution is -2.43. The summed E-state index contributed by atoms with van der Waals surface area (Å²) in [6, 6.07) is 4.65. The van der Waals surface area contributed by atoms with Gasteiger partial charge in [0, 0.05) is 11.3 Å². The van der Waals surface area contributed by atoms with E-state index >= 15 is 0 Å². The highest BCUT2D eigenvalue weighted by atomic mass is 35.5. The van der Waals surface area contributed by atoms with Crippen molar-refractivity contribution in [3.05, 3.63) is 45.2 Å². The monoisotopic (exact) mass is 370 g/mol. The Bertz CT molecular complexity index is 766. The number of halogens is 2. The second kappa shape index (κ2) is 7.55. The maximum Gasteiger partial charge on any atom is 0.269 e. The highest BCUT2D eigenvalue weighted by Gasteiger charge is 2.14. The molecule has 0 saturated carbocycles. The molecule has 0 unspecified atom stereocenters. The number of benzene rings is 1. The molecule has 2 amide bonds. The number of hydrazine groups is 1. The van der Waals surface area contributed by atoms with Gasteiger partial charge in [-0.15, -0.1) is 0 Å². The summed E-state index contributed by atoms with van der Waals surface area (Å²) in [5.74, 6) is -0.688. The molecule has 0 bridgehead atoms. The lowest BCUT2D eigenvalue weighted by Gasteiger charge is -2.10. The van der Waals surface area contributed by atoms with Crippen molar-refractivity contribution in [1.29, 1.82) is 0 Å². The summed E-state index contributed by atoms with van der Waals surface area (Å²) in [7, 11) is 1.42. The Kier molecular flexibility index (Phi) is 5.69. The number of amides is 2. The first-order chi connectivity index (χ1) is 11.3. The van der Waals surface area contributed by atoms with E-state index in [1.807, 2.05) is 19.9 Å². The van der Waals surface area contributed by atoms with E-state index in [1.165, 1.54) is 23.9 Å². The second-order valence-corrected chi connectivity index (χ2v) is 5.87. The quantitative estimate of drug-likeness (QED) is 0.808. The molecule has 1 aromatic heterocycles. The van der Waals surface area contributed by atoms with Crippen LogP contribution < -0.4 is 15.6 Å². The van der Waals surface area contributed by atoms with E-state index in [1.54, 1.807) is 0 Å². The largest absolute Gasteiger partial charge is 0.494 e. The molecule has 2 N–H and O–H groups in total. The van der Waals surface area contributed by atoms with Crippen molar-refractivity contribution in [3.8, 4) is 5.75 Å². The SMILES string of the molecule is COc1c(Cl)cc(C(=O)NNC(=O)Cn2nc(C)cc2C)cc1Cl. The van der Waals surface area contributed by atoms with Crippen molar-refractivity contribution in [2.45, 2.75) is 20.4 Å². The van der Waals surface area contributed by atoms with Gasteiger partial charge >= 0.3 is 0 Å². The molecule has 9 heteroatoms. The summed E-state index contributed by atoms with van der Waals surface area (Å²) in [4.78, 5) is 24.0. The number of hydrogen-bond acceptors (Lipinski definition) is 4. The van der Waals surface area contributed by atoms with Crippen LogP contribution in [0.5, 0.6) is 5.75 Å². The second-order valence-electron chi connectivity index (χ2n) is 5.06. The first-order valence-corrected chi connectivity index (χ1v) is 7.70. The Morgan fingerprint density at radius 3 is 2.29 bits per heavy atom. The molecule has 0 aliphatic rings. The van der Waals surface area contributed by atoms with Gasteiger partial charge in [0.2, 0.25) is 0 Å². The summed E-state index contributed by atoms with van der Waals surface area (Å²) < 4.78 is 6.55. The fourth-order valence-corrected chi connectivity index (χ4v) is 2.74. The number of nitrogens with one attached hydrogen (secondary N) is 2. The zero-order chi connectivity index (χ0) is 17.9. The lowest BCUT2D eigenvalue weighted by molar-refractivity contribution is -0.122. The Labute approximate surface area is 148 Å². The molecule has 1 aromatic carbocycles. The van der Waals surface area contributed by atoms with E-state index in [9.17, 15) is 9.59 Å². The van der Waals surface area contributed by atoms with Crippen molar-refractivity contribution in [2.75, 3.05) is 7.11 Å². The summed E-state index contributed by atoms with van der Waals surface area (Å²) in [5.41, 5.74) is 6.47. The van der Waals surface area contributed by atoms with Gasteiger partial charge in [-0.05, 0) is 32.0 Å². The molecule has 2 aromatic rings. The molecule has 0 aliphatic carbocycles. The average Bonchev–Trinajstić information content (AvgIpc) is 2.82. The number of aromatic nitrogens is 2. The first kappa shape index (κ1) is 18.1. The molecule has 0 atom stereocenters. The zero-order valence-corrected chi connectivity index (χ0v) is 14.8. The van der Waals surface area contributed by atoms with Crippen molar-refractivity contribution >= 4 is 35.0 Å². The van der Waals surface area contributed by atoms with Crippen molar-refractivity contribution < 1.29 is 14.3 Å². The number of rotatable bonds is 4. The number of ether oxygens (including phenoxy) is 1. The molecule has 0 fully saturated rings. The van der Waals surface area contributed by atoms with Crippen LogP contribution in [0.15, 0.2) is 18.2 Å². The minimum Gasteiger partial charge on any atom is -0.494 e. The highest BCUT2D eigenvalue weighted by molar-refractivity contribution is 6.37. The van der Waals surface area contributed by atoms with Crippen LogP contribution in [0.4, 0.5) is 0 Å². The van der Waals surface area contributed by atoms with E-state index in [-0.39, 0.29) is 27.9 Å². The van der Waals surface area contributed by atoms with E-state index in [0.717, 1.165) is 11.4 Å². The Hall–Kier alpha value is -2.25. The van der Waals surface area contributed by atoms with Crippen LogP contribution in [0.3, 0.4) is 0 Å². The Morgan fingerprint density at radius 2 is 1.79 bits per heavy atom. The first-order valence-electron chi connectivity index (χ1n) is 6.95. The van der Waals surface area contributed by atoms with Crippen LogP contribution in [0, 0.1) is 13.8 Å². The van der Waals surface area contributed by atoms with Gasteiger partial charge in [-0.2, -0.15) is 5.10 Å². The molecule has 0 saturated heterocycles. The Morgan fingerprint density at radius 1 is 1.17 bits per heavy atom. The van der Waals surface area contributed by atoms with Gasteiger partial charge in [-0.1, -0.05) is 23.2 Å². The van der Waals surface area contributed by atoms with E-state index < -0.39 is 11.8 Å². The van der Waals surface area contributed by atoms with Gasteiger partial charge in [-0.3, -0.25) is 25.1 Å². The van der Waals surface area contributed by atoms with Crippen molar-refractivity contribution in [2.24, 2.45) is 0 Å². The summed E-state index contributed by atoms with van der Waals surface area (Å²) in [6.07, 6.45) is 0. The Balaban J connectivity index is 1.98. The number of methoxy groups -OCH3 is 1. The third-order valence-electron chi connectivity index (χ3n) is 3.18. The van der Waals surface area contributed by atoms with Crippen LogP contribution in [0.25, 0.3) is 0 Å². The summed E-state index contributed by atoms with van der Waals surface area (Å²) in [5, 5.41) is 4.57. The van der Waals surface area contributed by atoms with E-state index in [4.69, 9.17) is 27.9 Å². The maximum atomic E-state index is 12.1.